The van der Waals surface area contributed by atoms with Gasteiger partial charge in [-0.1, -0.05) is 11.2 Å². The van der Waals surface area contributed by atoms with Crippen LogP contribution in [0.1, 0.15) is 30.4 Å². The summed E-state index contributed by atoms with van der Waals surface area (Å²) in [5.41, 5.74) is 3.42. The number of rotatable bonds is 7. The van der Waals surface area contributed by atoms with E-state index in [1.807, 2.05) is 25.7 Å². The number of nitrogens with zero attached hydrogens (tertiary/aromatic N) is 3. The molecule has 0 unspecified atom stereocenters. The van der Waals surface area contributed by atoms with E-state index >= 15 is 0 Å². The normalized spacial score (nSPS) is 15.6. The van der Waals surface area contributed by atoms with E-state index in [1.165, 1.54) is 11.1 Å². The van der Waals surface area contributed by atoms with E-state index in [-0.39, 0.29) is 12.5 Å². The standard InChI is InChI=1S/C17H27N3O3/c1-5-20(17(21)12-22-4)10-15-7-6-8-19(9-15)11-16-13(2)18-23-14(16)3/h7H,5-6,8-12H2,1-4H3. The molecule has 6 heteroatoms. The molecule has 0 bridgehead atoms. The van der Waals surface area contributed by atoms with Gasteiger partial charge in [0.25, 0.3) is 0 Å². The highest BCUT2D eigenvalue weighted by molar-refractivity contribution is 5.77. The summed E-state index contributed by atoms with van der Waals surface area (Å²) in [5.74, 6) is 0.933. The Hall–Kier alpha value is -1.66. The van der Waals surface area contributed by atoms with Crippen molar-refractivity contribution in [1.82, 2.24) is 15.0 Å². The van der Waals surface area contributed by atoms with Gasteiger partial charge in [0.15, 0.2) is 0 Å². The molecule has 0 aromatic carbocycles. The van der Waals surface area contributed by atoms with Gasteiger partial charge < -0.3 is 14.2 Å². The largest absolute Gasteiger partial charge is 0.375 e. The van der Waals surface area contributed by atoms with Crippen LogP contribution in [0, 0.1) is 13.8 Å². The lowest BCUT2D eigenvalue weighted by Gasteiger charge is -2.30. The summed E-state index contributed by atoms with van der Waals surface area (Å²) >= 11 is 0. The maximum atomic E-state index is 12.0. The zero-order valence-corrected chi connectivity index (χ0v) is 14.6. The fourth-order valence-electron chi connectivity index (χ4n) is 2.92. The number of amides is 1. The molecule has 23 heavy (non-hydrogen) atoms. The lowest BCUT2D eigenvalue weighted by atomic mass is 10.1. The monoisotopic (exact) mass is 321 g/mol. The third-order valence-corrected chi connectivity index (χ3v) is 4.26. The van der Waals surface area contributed by atoms with Gasteiger partial charge in [0.1, 0.15) is 12.4 Å². The summed E-state index contributed by atoms with van der Waals surface area (Å²) in [6.45, 7) is 10.2. The molecule has 0 spiro atoms. The maximum Gasteiger partial charge on any atom is 0.248 e. The summed E-state index contributed by atoms with van der Waals surface area (Å²) in [6.07, 6.45) is 3.27. The van der Waals surface area contributed by atoms with Crippen LogP contribution >= 0.6 is 0 Å². The van der Waals surface area contributed by atoms with Crippen LogP contribution in [0.4, 0.5) is 0 Å². The van der Waals surface area contributed by atoms with Crippen molar-refractivity contribution in [1.29, 1.82) is 0 Å². The highest BCUT2D eigenvalue weighted by Gasteiger charge is 2.20. The Labute approximate surface area is 138 Å². The van der Waals surface area contributed by atoms with Crippen molar-refractivity contribution in [2.45, 2.75) is 33.7 Å². The average Bonchev–Trinajstić information content (AvgIpc) is 2.85. The number of methoxy groups -OCH3 is 1. The van der Waals surface area contributed by atoms with Crippen LogP contribution < -0.4 is 0 Å². The third kappa shape index (κ3) is 4.65. The molecule has 0 N–H and O–H groups in total. The summed E-state index contributed by atoms with van der Waals surface area (Å²) in [6, 6.07) is 0. The van der Waals surface area contributed by atoms with E-state index < -0.39 is 0 Å². The quantitative estimate of drug-likeness (QED) is 0.718. The summed E-state index contributed by atoms with van der Waals surface area (Å²) in [7, 11) is 1.55. The smallest absolute Gasteiger partial charge is 0.248 e. The van der Waals surface area contributed by atoms with Crippen molar-refractivity contribution < 1.29 is 14.1 Å². The van der Waals surface area contributed by atoms with Crippen LogP contribution in [-0.2, 0) is 16.1 Å². The van der Waals surface area contributed by atoms with E-state index in [0.717, 1.165) is 37.5 Å². The number of carbonyl (C=O) groups excluding carboxylic acids is 1. The minimum Gasteiger partial charge on any atom is -0.375 e. The van der Waals surface area contributed by atoms with E-state index in [2.05, 4.69) is 16.1 Å². The third-order valence-electron chi connectivity index (χ3n) is 4.26. The summed E-state index contributed by atoms with van der Waals surface area (Å²) < 4.78 is 10.2. The molecular formula is C17H27N3O3. The predicted octanol–water partition coefficient (Wildman–Crippen LogP) is 1.92. The highest BCUT2D eigenvalue weighted by Crippen LogP contribution is 2.19. The van der Waals surface area contributed by atoms with Crippen molar-refractivity contribution >= 4 is 5.91 Å². The number of likely N-dealkylation sites (N-methyl/N-ethyl adjacent to an activating group) is 1. The molecule has 2 heterocycles. The number of ether oxygens (including phenoxy) is 1. The van der Waals surface area contributed by atoms with Gasteiger partial charge in [0.2, 0.25) is 5.91 Å². The van der Waals surface area contributed by atoms with E-state index in [9.17, 15) is 4.79 Å². The maximum absolute atomic E-state index is 12.0. The van der Waals surface area contributed by atoms with Crippen LogP contribution in [-0.4, -0.2) is 60.8 Å². The Morgan fingerprint density at radius 1 is 1.48 bits per heavy atom. The lowest BCUT2D eigenvalue weighted by Crippen LogP contribution is -2.39. The SMILES string of the molecule is CCN(CC1=CCCN(Cc2c(C)noc2C)C1)C(=O)COC. The van der Waals surface area contributed by atoms with Crippen LogP contribution in [0.15, 0.2) is 16.2 Å². The first-order valence-corrected chi connectivity index (χ1v) is 8.13. The first kappa shape index (κ1) is 17.7. The van der Waals surface area contributed by atoms with Gasteiger partial charge in [-0.15, -0.1) is 0 Å². The lowest BCUT2D eigenvalue weighted by molar-refractivity contribution is -0.134. The van der Waals surface area contributed by atoms with E-state index in [1.54, 1.807) is 7.11 Å². The van der Waals surface area contributed by atoms with Gasteiger partial charge in [0, 0.05) is 45.4 Å². The number of hydrogen-bond acceptors (Lipinski definition) is 5. The molecule has 0 aliphatic carbocycles. The molecule has 0 fully saturated rings. The molecule has 1 aromatic rings. The van der Waals surface area contributed by atoms with Gasteiger partial charge in [-0.05, 0) is 32.8 Å². The molecule has 128 valence electrons. The fourth-order valence-corrected chi connectivity index (χ4v) is 2.92. The van der Waals surface area contributed by atoms with Crippen LogP contribution in [0.5, 0.6) is 0 Å². The average molecular weight is 321 g/mol. The van der Waals surface area contributed by atoms with Crippen molar-refractivity contribution in [2.75, 3.05) is 39.9 Å². The Kier molecular flexibility index (Phi) is 6.36. The second-order valence-corrected chi connectivity index (χ2v) is 6.01. The molecule has 0 atom stereocenters. The Morgan fingerprint density at radius 3 is 2.87 bits per heavy atom. The first-order valence-electron chi connectivity index (χ1n) is 8.13. The predicted molar refractivity (Wildman–Crippen MR) is 88.1 cm³/mol. The van der Waals surface area contributed by atoms with E-state index in [4.69, 9.17) is 9.26 Å². The van der Waals surface area contributed by atoms with Gasteiger partial charge >= 0.3 is 0 Å². The van der Waals surface area contributed by atoms with Crippen LogP contribution in [0.3, 0.4) is 0 Å². The molecule has 2 rings (SSSR count). The summed E-state index contributed by atoms with van der Waals surface area (Å²) in [4.78, 5) is 16.2. The molecule has 0 saturated carbocycles. The number of aryl methyl sites for hydroxylation is 2. The van der Waals surface area contributed by atoms with Crippen molar-refractivity contribution in [3.63, 3.8) is 0 Å². The fraction of sp³-hybridized carbons (Fsp3) is 0.647. The number of hydrogen-bond donors (Lipinski definition) is 0. The molecule has 1 aliphatic heterocycles. The Bertz CT molecular complexity index is 546. The zero-order valence-electron chi connectivity index (χ0n) is 14.6. The van der Waals surface area contributed by atoms with E-state index in [0.29, 0.717) is 13.1 Å². The van der Waals surface area contributed by atoms with Gasteiger partial charge in [0.05, 0.1) is 5.69 Å². The minimum atomic E-state index is 0.0405. The second-order valence-electron chi connectivity index (χ2n) is 6.01. The Morgan fingerprint density at radius 2 is 2.26 bits per heavy atom. The molecule has 1 aliphatic rings. The Balaban J connectivity index is 1.95. The van der Waals surface area contributed by atoms with Crippen LogP contribution in [0.2, 0.25) is 0 Å². The first-order chi connectivity index (χ1) is 11.0. The van der Waals surface area contributed by atoms with Gasteiger partial charge in [-0.2, -0.15) is 0 Å². The summed E-state index contributed by atoms with van der Waals surface area (Å²) in [5, 5.41) is 4.02. The topological polar surface area (TPSA) is 58.8 Å². The number of aromatic nitrogens is 1. The number of carbonyl (C=O) groups is 1. The molecule has 6 nitrogen and oxygen atoms in total. The van der Waals surface area contributed by atoms with Crippen LogP contribution in [0.25, 0.3) is 0 Å². The molecule has 0 radical (unpaired) electrons. The van der Waals surface area contributed by atoms with Crippen molar-refractivity contribution in [3.05, 3.63) is 28.7 Å². The molecular weight excluding hydrogens is 294 g/mol. The second kappa shape index (κ2) is 8.26. The highest BCUT2D eigenvalue weighted by atomic mass is 16.5. The van der Waals surface area contributed by atoms with Crippen molar-refractivity contribution in [2.24, 2.45) is 0 Å². The molecule has 1 amide bonds. The van der Waals surface area contributed by atoms with Crippen molar-refractivity contribution in [3.8, 4) is 0 Å². The van der Waals surface area contributed by atoms with Gasteiger partial charge in [-0.25, -0.2) is 0 Å². The van der Waals surface area contributed by atoms with Gasteiger partial charge in [-0.3, -0.25) is 9.69 Å². The zero-order chi connectivity index (χ0) is 16.8. The molecule has 0 saturated heterocycles. The minimum absolute atomic E-state index is 0.0405. The molecule has 1 aromatic heterocycles.